The van der Waals surface area contributed by atoms with Crippen LogP contribution in [-0.4, -0.2) is 22.2 Å². The van der Waals surface area contributed by atoms with Crippen LogP contribution in [0, 0.1) is 6.92 Å². The first-order valence-corrected chi connectivity index (χ1v) is 8.48. The van der Waals surface area contributed by atoms with Crippen LogP contribution in [-0.2, 0) is 6.61 Å². The molecule has 0 aliphatic carbocycles. The Bertz CT molecular complexity index is 1010. The molecule has 126 valence electrons. The second-order valence-corrected chi connectivity index (χ2v) is 6.69. The Balaban J connectivity index is 1.50. The van der Waals surface area contributed by atoms with Gasteiger partial charge in [0, 0.05) is 16.5 Å². The van der Waals surface area contributed by atoms with Gasteiger partial charge in [0.15, 0.2) is 12.4 Å². The van der Waals surface area contributed by atoms with Crippen LogP contribution in [0.5, 0.6) is 11.6 Å². The monoisotopic (exact) mass is 353 g/mol. The second-order valence-electron chi connectivity index (χ2n) is 5.45. The summed E-state index contributed by atoms with van der Waals surface area (Å²) in [4.78, 5) is 10.6. The molecule has 6 nitrogen and oxygen atoms in total. The van der Waals surface area contributed by atoms with Crippen molar-refractivity contribution in [2.24, 2.45) is 0 Å². The van der Waals surface area contributed by atoms with E-state index < -0.39 is 0 Å². The third kappa shape index (κ3) is 3.18. The lowest BCUT2D eigenvalue weighted by Crippen LogP contribution is -1.96. The lowest BCUT2D eigenvalue weighted by atomic mass is 10.1. The number of fused-ring (bicyclic) bond motifs is 1. The SMILES string of the molecule is COc1ccc(-c2cc(COc3ncnc4sc(C)cc34)on2)cc1. The maximum atomic E-state index is 5.81. The van der Waals surface area contributed by atoms with Gasteiger partial charge < -0.3 is 14.0 Å². The first kappa shape index (κ1) is 15.6. The van der Waals surface area contributed by atoms with E-state index in [1.165, 1.54) is 11.2 Å². The van der Waals surface area contributed by atoms with Gasteiger partial charge in [-0.2, -0.15) is 0 Å². The minimum atomic E-state index is 0.254. The summed E-state index contributed by atoms with van der Waals surface area (Å²) in [5, 5.41) is 5.01. The molecule has 0 atom stereocenters. The highest BCUT2D eigenvalue weighted by Gasteiger charge is 2.11. The molecule has 3 heterocycles. The van der Waals surface area contributed by atoms with Gasteiger partial charge in [0.25, 0.3) is 0 Å². The molecule has 0 spiro atoms. The average Bonchev–Trinajstić information content (AvgIpc) is 3.26. The van der Waals surface area contributed by atoms with E-state index in [9.17, 15) is 0 Å². The van der Waals surface area contributed by atoms with Crippen molar-refractivity contribution in [3.63, 3.8) is 0 Å². The minimum absolute atomic E-state index is 0.254. The van der Waals surface area contributed by atoms with Crippen molar-refractivity contribution in [1.82, 2.24) is 15.1 Å². The standard InChI is InChI=1S/C18H15N3O3S/c1-11-7-15-17(19-10-20-18(15)25-11)23-9-14-8-16(21-24-14)12-3-5-13(22-2)6-4-12/h3-8,10H,9H2,1-2H3. The van der Waals surface area contributed by atoms with E-state index in [0.717, 1.165) is 27.2 Å². The number of aromatic nitrogens is 3. The fourth-order valence-corrected chi connectivity index (χ4v) is 3.33. The molecule has 1 aromatic carbocycles. The van der Waals surface area contributed by atoms with Crippen LogP contribution in [0.2, 0.25) is 0 Å². The fourth-order valence-electron chi connectivity index (χ4n) is 2.49. The molecule has 0 saturated carbocycles. The Hall–Kier alpha value is -2.93. The van der Waals surface area contributed by atoms with Gasteiger partial charge in [0.1, 0.15) is 22.6 Å². The van der Waals surface area contributed by atoms with Crippen LogP contribution in [0.4, 0.5) is 0 Å². The molecule has 0 aliphatic rings. The molecule has 0 unspecified atom stereocenters. The molecule has 4 aromatic rings. The van der Waals surface area contributed by atoms with Gasteiger partial charge in [-0.1, -0.05) is 5.16 Å². The van der Waals surface area contributed by atoms with Gasteiger partial charge in [-0.3, -0.25) is 0 Å². The molecular weight excluding hydrogens is 338 g/mol. The number of methoxy groups -OCH3 is 1. The molecule has 0 N–H and O–H groups in total. The summed E-state index contributed by atoms with van der Waals surface area (Å²) in [6.07, 6.45) is 1.51. The van der Waals surface area contributed by atoms with Gasteiger partial charge in [0.2, 0.25) is 5.88 Å². The predicted molar refractivity (Wildman–Crippen MR) is 95.0 cm³/mol. The smallest absolute Gasteiger partial charge is 0.225 e. The van der Waals surface area contributed by atoms with Gasteiger partial charge in [-0.05, 0) is 37.3 Å². The zero-order valence-corrected chi connectivity index (χ0v) is 14.5. The van der Waals surface area contributed by atoms with Crippen LogP contribution >= 0.6 is 11.3 Å². The number of aryl methyl sites for hydroxylation is 1. The molecule has 4 rings (SSSR count). The maximum Gasteiger partial charge on any atom is 0.225 e. The average molecular weight is 353 g/mol. The van der Waals surface area contributed by atoms with E-state index in [1.54, 1.807) is 18.4 Å². The topological polar surface area (TPSA) is 70.3 Å². The molecular formula is C18H15N3O3S. The molecule has 25 heavy (non-hydrogen) atoms. The number of hydrogen-bond donors (Lipinski definition) is 0. The number of rotatable bonds is 5. The van der Waals surface area contributed by atoms with E-state index in [0.29, 0.717) is 11.6 Å². The van der Waals surface area contributed by atoms with Crippen molar-refractivity contribution in [2.75, 3.05) is 7.11 Å². The molecule has 3 aromatic heterocycles. The Labute approximate surface area is 148 Å². The van der Waals surface area contributed by atoms with Crippen molar-refractivity contribution in [2.45, 2.75) is 13.5 Å². The Morgan fingerprint density at radius 2 is 1.96 bits per heavy atom. The summed E-state index contributed by atoms with van der Waals surface area (Å²) < 4.78 is 16.3. The molecule has 0 saturated heterocycles. The summed E-state index contributed by atoms with van der Waals surface area (Å²) in [5.41, 5.74) is 1.70. The van der Waals surface area contributed by atoms with E-state index in [-0.39, 0.29) is 6.61 Å². The number of thiophene rings is 1. The van der Waals surface area contributed by atoms with Gasteiger partial charge in [0.05, 0.1) is 12.5 Å². The second kappa shape index (κ2) is 6.52. The predicted octanol–water partition coefficient (Wildman–Crippen LogP) is 4.24. The molecule has 0 aliphatic heterocycles. The van der Waals surface area contributed by atoms with Crippen LogP contribution in [0.3, 0.4) is 0 Å². The van der Waals surface area contributed by atoms with Crippen LogP contribution < -0.4 is 9.47 Å². The minimum Gasteiger partial charge on any atom is -0.497 e. The summed E-state index contributed by atoms with van der Waals surface area (Å²) in [7, 11) is 1.64. The highest BCUT2D eigenvalue weighted by Crippen LogP contribution is 2.29. The van der Waals surface area contributed by atoms with Gasteiger partial charge >= 0.3 is 0 Å². The van der Waals surface area contributed by atoms with Crippen LogP contribution in [0.25, 0.3) is 21.5 Å². The van der Waals surface area contributed by atoms with E-state index >= 15 is 0 Å². The molecule has 0 radical (unpaired) electrons. The Morgan fingerprint density at radius 1 is 1.12 bits per heavy atom. The molecule has 0 fully saturated rings. The van der Waals surface area contributed by atoms with Crippen LogP contribution in [0.1, 0.15) is 10.6 Å². The summed E-state index contributed by atoms with van der Waals surface area (Å²) in [6.45, 7) is 2.29. The van der Waals surface area contributed by atoms with E-state index in [1.807, 2.05) is 43.3 Å². The zero-order valence-electron chi connectivity index (χ0n) is 13.7. The fraction of sp³-hybridized carbons (Fsp3) is 0.167. The van der Waals surface area contributed by atoms with E-state index in [2.05, 4.69) is 15.1 Å². The third-order valence-electron chi connectivity index (χ3n) is 3.71. The number of benzene rings is 1. The number of hydrogen-bond acceptors (Lipinski definition) is 7. The first-order chi connectivity index (χ1) is 12.2. The first-order valence-electron chi connectivity index (χ1n) is 7.67. The Kier molecular flexibility index (Phi) is 4.07. The van der Waals surface area contributed by atoms with E-state index in [4.69, 9.17) is 14.0 Å². The quantitative estimate of drug-likeness (QED) is 0.534. The highest BCUT2D eigenvalue weighted by atomic mass is 32.1. The number of ether oxygens (including phenoxy) is 2. The van der Waals surface area contributed by atoms with Crippen molar-refractivity contribution >= 4 is 21.6 Å². The van der Waals surface area contributed by atoms with Gasteiger partial charge in [-0.15, -0.1) is 11.3 Å². The van der Waals surface area contributed by atoms with Crippen LogP contribution in [0.15, 0.2) is 47.2 Å². The summed E-state index contributed by atoms with van der Waals surface area (Å²) >= 11 is 1.62. The normalized spacial score (nSPS) is 11.0. The number of nitrogens with zero attached hydrogens (tertiary/aromatic N) is 3. The van der Waals surface area contributed by atoms with Gasteiger partial charge in [-0.25, -0.2) is 9.97 Å². The molecule has 7 heteroatoms. The molecule has 0 bridgehead atoms. The van der Waals surface area contributed by atoms with Crippen molar-refractivity contribution < 1.29 is 14.0 Å². The molecule has 0 amide bonds. The maximum absolute atomic E-state index is 5.81. The van der Waals surface area contributed by atoms with Crippen molar-refractivity contribution in [3.8, 4) is 22.9 Å². The lowest BCUT2D eigenvalue weighted by Gasteiger charge is -2.02. The van der Waals surface area contributed by atoms with Crippen molar-refractivity contribution in [3.05, 3.63) is 53.4 Å². The van der Waals surface area contributed by atoms with Crippen molar-refractivity contribution in [1.29, 1.82) is 0 Å². The summed E-state index contributed by atoms with van der Waals surface area (Å²) in [5.74, 6) is 1.98. The highest BCUT2D eigenvalue weighted by molar-refractivity contribution is 7.18. The Morgan fingerprint density at radius 3 is 2.76 bits per heavy atom. The largest absolute Gasteiger partial charge is 0.497 e. The summed E-state index contributed by atoms with van der Waals surface area (Å²) in [6, 6.07) is 11.5. The zero-order chi connectivity index (χ0) is 17.2. The lowest BCUT2D eigenvalue weighted by molar-refractivity contribution is 0.244. The third-order valence-corrected chi connectivity index (χ3v) is 4.67.